The normalized spacial score (nSPS) is 32.6. The van der Waals surface area contributed by atoms with Gasteiger partial charge in [0, 0.05) is 10.8 Å². The van der Waals surface area contributed by atoms with Gasteiger partial charge in [-0.3, -0.25) is 0 Å². The van der Waals surface area contributed by atoms with E-state index < -0.39 is 0 Å². The molecule has 0 spiro atoms. The number of nitrogen functional groups attached to an aromatic ring is 1. The Labute approximate surface area is 86.3 Å². The molecule has 13 heavy (non-hydrogen) atoms. The number of alkyl halides is 2. The van der Waals surface area contributed by atoms with Crippen LogP contribution in [0.5, 0.6) is 0 Å². The lowest BCUT2D eigenvalue weighted by Crippen LogP contribution is -2.37. The Morgan fingerprint density at radius 1 is 1.23 bits per heavy atom. The van der Waals surface area contributed by atoms with Crippen molar-refractivity contribution >= 4 is 28.9 Å². The molecular weight excluding hydrogens is 209 g/mol. The fraction of sp³-hybridized carbons (Fsp3) is 0.500. The van der Waals surface area contributed by atoms with Crippen LogP contribution in [-0.2, 0) is 0 Å². The zero-order valence-corrected chi connectivity index (χ0v) is 8.33. The van der Waals surface area contributed by atoms with Crippen LogP contribution >= 0.6 is 23.2 Å². The monoisotopic (exact) mass is 217 g/mol. The summed E-state index contributed by atoms with van der Waals surface area (Å²) < 4.78 is 0. The van der Waals surface area contributed by atoms with Gasteiger partial charge >= 0.3 is 0 Å². The summed E-state index contributed by atoms with van der Waals surface area (Å²) in [4.78, 5) is 8.19. The highest BCUT2D eigenvalue weighted by Gasteiger charge is 2.41. The zero-order chi connectivity index (χ0) is 9.42. The standard InChI is InChI=1S/C8H9Cl2N3/c9-5-1-6(10)7(5)8-12-2-4(11)3-13-8/h2-3,5-7H,1,11H2. The molecule has 5 heteroatoms. The molecule has 2 atom stereocenters. The van der Waals surface area contributed by atoms with Gasteiger partial charge in [-0.2, -0.15) is 0 Å². The van der Waals surface area contributed by atoms with Crippen molar-refractivity contribution in [1.82, 2.24) is 9.97 Å². The predicted octanol–water partition coefficient (Wildman–Crippen LogP) is 1.76. The van der Waals surface area contributed by atoms with Gasteiger partial charge in [0.05, 0.1) is 24.0 Å². The first-order valence-electron chi connectivity index (χ1n) is 4.04. The van der Waals surface area contributed by atoms with Crippen molar-refractivity contribution < 1.29 is 0 Å². The van der Waals surface area contributed by atoms with Gasteiger partial charge in [0.1, 0.15) is 5.82 Å². The van der Waals surface area contributed by atoms with Crippen LogP contribution in [0.3, 0.4) is 0 Å². The summed E-state index contributed by atoms with van der Waals surface area (Å²) in [6.45, 7) is 0. The Hall–Kier alpha value is -0.540. The van der Waals surface area contributed by atoms with Crippen LogP contribution in [0.15, 0.2) is 12.4 Å². The van der Waals surface area contributed by atoms with Crippen LogP contribution in [0.25, 0.3) is 0 Å². The molecule has 1 saturated carbocycles. The fourth-order valence-electron chi connectivity index (χ4n) is 1.38. The van der Waals surface area contributed by atoms with Crippen molar-refractivity contribution in [3.8, 4) is 0 Å². The van der Waals surface area contributed by atoms with E-state index in [-0.39, 0.29) is 16.7 Å². The third-order valence-electron chi connectivity index (χ3n) is 2.22. The van der Waals surface area contributed by atoms with E-state index in [4.69, 9.17) is 28.9 Å². The van der Waals surface area contributed by atoms with Crippen molar-refractivity contribution in [2.45, 2.75) is 23.1 Å². The van der Waals surface area contributed by atoms with Crippen LogP contribution in [0.2, 0.25) is 0 Å². The largest absolute Gasteiger partial charge is 0.396 e. The Morgan fingerprint density at radius 2 is 1.77 bits per heavy atom. The molecule has 1 aromatic heterocycles. The zero-order valence-electron chi connectivity index (χ0n) is 6.82. The van der Waals surface area contributed by atoms with Gasteiger partial charge in [0.15, 0.2) is 0 Å². The molecule has 1 aliphatic rings. The minimum absolute atomic E-state index is 0.0612. The lowest BCUT2D eigenvalue weighted by molar-refractivity contribution is 0.420. The molecule has 0 radical (unpaired) electrons. The number of hydrogen-bond acceptors (Lipinski definition) is 3. The maximum absolute atomic E-state index is 5.99. The van der Waals surface area contributed by atoms with Gasteiger partial charge in [0.25, 0.3) is 0 Å². The van der Waals surface area contributed by atoms with Gasteiger partial charge in [-0.15, -0.1) is 23.2 Å². The van der Waals surface area contributed by atoms with E-state index in [0.717, 1.165) is 6.42 Å². The predicted molar refractivity (Wildman–Crippen MR) is 53.1 cm³/mol. The van der Waals surface area contributed by atoms with E-state index in [1.54, 1.807) is 12.4 Å². The van der Waals surface area contributed by atoms with E-state index in [1.807, 2.05) is 0 Å². The van der Waals surface area contributed by atoms with Crippen LogP contribution in [0.4, 0.5) is 5.69 Å². The summed E-state index contributed by atoms with van der Waals surface area (Å²) in [5.74, 6) is 0.768. The first-order chi connectivity index (χ1) is 6.18. The minimum Gasteiger partial charge on any atom is -0.396 e. The van der Waals surface area contributed by atoms with Gasteiger partial charge in [-0.25, -0.2) is 9.97 Å². The number of nitrogens with two attached hydrogens (primary N) is 1. The number of rotatable bonds is 1. The number of halogens is 2. The maximum Gasteiger partial charge on any atom is 0.134 e. The summed E-state index contributed by atoms with van der Waals surface area (Å²) in [6.07, 6.45) is 3.98. The molecule has 0 aromatic carbocycles. The van der Waals surface area contributed by atoms with Crippen LogP contribution in [0, 0.1) is 0 Å². The van der Waals surface area contributed by atoms with Gasteiger partial charge in [0.2, 0.25) is 0 Å². The fourth-order valence-corrected chi connectivity index (χ4v) is 2.51. The second-order valence-electron chi connectivity index (χ2n) is 3.17. The van der Waals surface area contributed by atoms with E-state index in [0.29, 0.717) is 11.5 Å². The third kappa shape index (κ3) is 1.58. The summed E-state index contributed by atoms with van der Waals surface area (Å²) >= 11 is 12.0. The van der Waals surface area contributed by atoms with Gasteiger partial charge in [-0.1, -0.05) is 0 Å². The first-order valence-corrected chi connectivity index (χ1v) is 4.91. The highest BCUT2D eigenvalue weighted by Crippen LogP contribution is 2.42. The van der Waals surface area contributed by atoms with E-state index in [1.165, 1.54) is 0 Å². The topological polar surface area (TPSA) is 51.8 Å². The Morgan fingerprint density at radius 3 is 2.23 bits per heavy atom. The smallest absolute Gasteiger partial charge is 0.134 e. The SMILES string of the molecule is Nc1cnc(C2C(Cl)CC2Cl)nc1. The number of nitrogens with zero attached hydrogens (tertiary/aromatic N) is 2. The van der Waals surface area contributed by atoms with Crippen LogP contribution < -0.4 is 5.73 Å². The van der Waals surface area contributed by atoms with Crippen molar-refractivity contribution in [3.63, 3.8) is 0 Å². The highest BCUT2D eigenvalue weighted by molar-refractivity contribution is 6.27. The van der Waals surface area contributed by atoms with Gasteiger partial charge in [-0.05, 0) is 6.42 Å². The quantitative estimate of drug-likeness (QED) is 0.730. The summed E-state index contributed by atoms with van der Waals surface area (Å²) in [5, 5.41) is 0.122. The minimum atomic E-state index is 0.0612. The Balaban J connectivity index is 2.21. The molecule has 1 aromatic rings. The van der Waals surface area contributed by atoms with Crippen molar-refractivity contribution in [3.05, 3.63) is 18.2 Å². The average molecular weight is 218 g/mol. The van der Waals surface area contributed by atoms with Crippen LogP contribution in [0.1, 0.15) is 18.2 Å². The van der Waals surface area contributed by atoms with Crippen molar-refractivity contribution in [2.75, 3.05) is 5.73 Å². The second-order valence-corrected chi connectivity index (χ2v) is 4.29. The molecule has 70 valence electrons. The van der Waals surface area contributed by atoms with Crippen molar-refractivity contribution in [2.24, 2.45) is 0 Å². The maximum atomic E-state index is 5.99. The van der Waals surface area contributed by atoms with Gasteiger partial charge < -0.3 is 5.73 Å². The molecule has 2 N–H and O–H groups in total. The van der Waals surface area contributed by atoms with Crippen molar-refractivity contribution in [1.29, 1.82) is 0 Å². The lowest BCUT2D eigenvalue weighted by Gasteiger charge is -2.35. The molecular formula is C8H9Cl2N3. The number of hydrogen-bond donors (Lipinski definition) is 1. The van der Waals surface area contributed by atoms with Crippen LogP contribution in [-0.4, -0.2) is 20.7 Å². The molecule has 1 aliphatic carbocycles. The molecule has 1 fully saturated rings. The lowest BCUT2D eigenvalue weighted by atomic mass is 9.83. The molecule has 3 nitrogen and oxygen atoms in total. The molecule has 0 saturated heterocycles. The van der Waals surface area contributed by atoms with E-state index in [9.17, 15) is 0 Å². The van der Waals surface area contributed by atoms with E-state index >= 15 is 0 Å². The summed E-state index contributed by atoms with van der Waals surface area (Å²) in [7, 11) is 0. The molecule has 1 heterocycles. The van der Waals surface area contributed by atoms with E-state index in [2.05, 4.69) is 9.97 Å². The molecule has 2 unspecified atom stereocenters. The molecule has 0 bridgehead atoms. The molecule has 0 amide bonds. The first kappa shape index (κ1) is 9.03. The number of anilines is 1. The average Bonchev–Trinajstić information content (AvgIpc) is 2.09. The highest BCUT2D eigenvalue weighted by atomic mass is 35.5. The Bertz CT molecular complexity index is 293. The third-order valence-corrected chi connectivity index (χ3v) is 3.12. The number of aromatic nitrogens is 2. The molecule has 2 rings (SSSR count). The Kier molecular flexibility index (Phi) is 2.30. The molecule has 0 aliphatic heterocycles. The summed E-state index contributed by atoms with van der Waals surface area (Å²) in [5.41, 5.74) is 6.02. The second kappa shape index (κ2) is 3.31. The summed E-state index contributed by atoms with van der Waals surface area (Å²) in [6, 6.07) is 0.